The summed E-state index contributed by atoms with van der Waals surface area (Å²) in [4.78, 5) is 12.7. The highest BCUT2D eigenvalue weighted by Gasteiger charge is 2.23. The lowest BCUT2D eigenvalue weighted by molar-refractivity contribution is 0.102. The van der Waals surface area contributed by atoms with Crippen LogP contribution >= 0.6 is 0 Å². The predicted molar refractivity (Wildman–Crippen MR) is 123 cm³/mol. The Kier molecular flexibility index (Phi) is 6.65. The van der Waals surface area contributed by atoms with E-state index in [1.807, 2.05) is 32.9 Å². The van der Waals surface area contributed by atoms with E-state index >= 15 is 0 Å². The van der Waals surface area contributed by atoms with Crippen LogP contribution in [-0.4, -0.2) is 27.5 Å². The predicted octanol–water partition coefficient (Wildman–Crippen LogP) is 4.86. The van der Waals surface area contributed by atoms with Crippen LogP contribution in [0.4, 0.5) is 11.4 Å². The number of nitrogens with zero attached hydrogens (tertiary/aromatic N) is 1. The molecule has 0 aliphatic carbocycles. The van der Waals surface area contributed by atoms with Crippen molar-refractivity contribution in [3.05, 3.63) is 83.9 Å². The molecule has 0 aliphatic rings. The highest BCUT2D eigenvalue weighted by Crippen LogP contribution is 2.26. The minimum atomic E-state index is -3.82. The van der Waals surface area contributed by atoms with E-state index in [-0.39, 0.29) is 16.6 Å². The second-order valence-electron chi connectivity index (χ2n) is 7.43. The third-order valence-electron chi connectivity index (χ3n) is 4.69. The standard InChI is InChI=1S/C24H26N2O4S/c1-17(2)30-21-14-12-20(13-15-21)25-24(27)19-9-7-10-22(16-19)31(28,29)26(4)23-11-6-5-8-18(23)3/h5-17H,1-4H3,(H,25,27). The lowest BCUT2D eigenvalue weighted by atomic mass is 10.2. The number of hydrogen-bond donors (Lipinski definition) is 1. The van der Waals surface area contributed by atoms with Gasteiger partial charge in [0.2, 0.25) is 0 Å². The molecule has 6 nitrogen and oxygen atoms in total. The van der Waals surface area contributed by atoms with Gasteiger partial charge in [-0.3, -0.25) is 9.10 Å². The number of carbonyl (C=O) groups is 1. The second kappa shape index (κ2) is 9.22. The molecule has 3 aromatic carbocycles. The summed E-state index contributed by atoms with van der Waals surface area (Å²) in [5.41, 5.74) is 2.27. The molecule has 0 fully saturated rings. The normalized spacial score (nSPS) is 11.3. The maximum absolute atomic E-state index is 13.1. The number of nitrogens with one attached hydrogen (secondary N) is 1. The molecule has 0 aromatic heterocycles. The highest BCUT2D eigenvalue weighted by atomic mass is 32.2. The number of para-hydroxylation sites is 1. The molecule has 0 saturated carbocycles. The van der Waals surface area contributed by atoms with Crippen molar-refractivity contribution in [3.8, 4) is 5.75 Å². The Labute approximate surface area is 183 Å². The van der Waals surface area contributed by atoms with Crippen LogP contribution in [0.3, 0.4) is 0 Å². The van der Waals surface area contributed by atoms with Crippen molar-refractivity contribution >= 4 is 27.3 Å². The average molecular weight is 439 g/mol. The van der Waals surface area contributed by atoms with Gasteiger partial charge < -0.3 is 10.1 Å². The SMILES string of the molecule is Cc1ccccc1N(C)S(=O)(=O)c1cccc(C(=O)Nc2ccc(OC(C)C)cc2)c1. The summed E-state index contributed by atoms with van der Waals surface area (Å²) in [7, 11) is -2.32. The number of sulfonamides is 1. The summed E-state index contributed by atoms with van der Waals surface area (Å²) < 4.78 is 33.1. The number of benzene rings is 3. The number of carbonyl (C=O) groups excluding carboxylic acids is 1. The molecule has 0 aliphatic heterocycles. The Morgan fingerprint density at radius 3 is 2.29 bits per heavy atom. The summed E-state index contributed by atoms with van der Waals surface area (Å²) in [5.74, 6) is 0.313. The van der Waals surface area contributed by atoms with Crippen molar-refractivity contribution in [2.75, 3.05) is 16.7 Å². The molecule has 0 spiro atoms. The van der Waals surface area contributed by atoms with E-state index < -0.39 is 15.9 Å². The van der Waals surface area contributed by atoms with Crippen molar-refractivity contribution in [2.24, 2.45) is 0 Å². The third kappa shape index (κ3) is 5.24. The van der Waals surface area contributed by atoms with Gasteiger partial charge in [-0.25, -0.2) is 8.42 Å². The van der Waals surface area contributed by atoms with E-state index in [2.05, 4.69) is 5.32 Å². The second-order valence-corrected chi connectivity index (χ2v) is 9.40. The van der Waals surface area contributed by atoms with Crippen LogP contribution in [0, 0.1) is 6.92 Å². The van der Waals surface area contributed by atoms with Crippen LogP contribution in [-0.2, 0) is 10.0 Å². The van der Waals surface area contributed by atoms with E-state index in [9.17, 15) is 13.2 Å². The zero-order valence-corrected chi connectivity index (χ0v) is 18.8. The average Bonchev–Trinajstić information content (AvgIpc) is 2.74. The van der Waals surface area contributed by atoms with Gasteiger partial charge >= 0.3 is 0 Å². The van der Waals surface area contributed by atoms with Crippen LogP contribution in [0.15, 0.2) is 77.7 Å². The summed E-state index contributed by atoms with van der Waals surface area (Å²) in [5, 5.41) is 2.78. The number of amides is 1. The molecular formula is C24H26N2O4S. The molecule has 0 saturated heterocycles. The lowest BCUT2D eigenvalue weighted by Gasteiger charge is -2.21. The van der Waals surface area contributed by atoms with E-state index in [1.54, 1.807) is 48.5 Å². The van der Waals surface area contributed by atoms with Crippen LogP contribution in [0.25, 0.3) is 0 Å². The van der Waals surface area contributed by atoms with Gasteiger partial charge in [0.15, 0.2) is 0 Å². The molecule has 3 aromatic rings. The van der Waals surface area contributed by atoms with Crippen LogP contribution in [0.2, 0.25) is 0 Å². The fraction of sp³-hybridized carbons (Fsp3) is 0.208. The molecule has 31 heavy (non-hydrogen) atoms. The van der Waals surface area contributed by atoms with Gasteiger partial charge in [-0.2, -0.15) is 0 Å². The fourth-order valence-electron chi connectivity index (χ4n) is 3.09. The molecule has 0 radical (unpaired) electrons. The number of ether oxygens (including phenoxy) is 1. The molecule has 0 unspecified atom stereocenters. The molecule has 0 atom stereocenters. The molecule has 162 valence electrons. The van der Waals surface area contributed by atoms with E-state index in [1.165, 1.54) is 23.5 Å². The lowest BCUT2D eigenvalue weighted by Crippen LogP contribution is -2.27. The first-order valence-electron chi connectivity index (χ1n) is 9.91. The van der Waals surface area contributed by atoms with Gasteiger partial charge in [-0.1, -0.05) is 24.3 Å². The van der Waals surface area contributed by atoms with E-state index in [0.29, 0.717) is 17.1 Å². The Hall–Kier alpha value is -3.32. The highest BCUT2D eigenvalue weighted by molar-refractivity contribution is 7.92. The molecule has 1 amide bonds. The number of anilines is 2. The maximum atomic E-state index is 13.1. The summed E-state index contributed by atoms with van der Waals surface area (Å²) in [6.45, 7) is 5.73. The third-order valence-corrected chi connectivity index (χ3v) is 6.46. The van der Waals surface area contributed by atoms with Gasteiger partial charge in [0, 0.05) is 18.3 Å². The van der Waals surface area contributed by atoms with Gasteiger partial charge in [-0.15, -0.1) is 0 Å². The zero-order valence-electron chi connectivity index (χ0n) is 18.0. The molecule has 3 rings (SSSR count). The Morgan fingerprint density at radius 1 is 0.968 bits per heavy atom. The molecular weight excluding hydrogens is 412 g/mol. The largest absolute Gasteiger partial charge is 0.491 e. The van der Waals surface area contributed by atoms with Crippen molar-refractivity contribution < 1.29 is 17.9 Å². The molecule has 0 heterocycles. The Balaban J connectivity index is 1.80. The topological polar surface area (TPSA) is 75.7 Å². The number of aryl methyl sites for hydroxylation is 1. The van der Waals surface area contributed by atoms with Crippen molar-refractivity contribution in [2.45, 2.75) is 31.8 Å². The van der Waals surface area contributed by atoms with E-state index in [4.69, 9.17) is 4.74 Å². The zero-order chi connectivity index (χ0) is 22.6. The first kappa shape index (κ1) is 22.4. The Bertz CT molecular complexity index is 1170. The minimum absolute atomic E-state index is 0.0478. The van der Waals surface area contributed by atoms with Gasteiger partial charge in [0.25, 0.3) is 15.9 Å². The first-order chi connectivity index (χ1) is 14.7. The van der Waals surface area contributed by atoms with E-state index in [0.717, 1.165) is 5.56 Å². The van der Waals surface area contributed by atoms with Gasteiger partial charge in [0.05, 0.1) is 16.7 Å². The smallest absolute Gasteiger partial charge is 0.264 e. The quantitative estimate of drug-likeness (QED) is 0.572. The monoisotopic (exact) mass is 438 g/mol. The summed E-state index contributed by atoms with van der Waals surface area (Å²) >= 11 is 0. The summed E-state index contributed by atoms with van der Waals surface area (Å²) in [6.07, 6.45) is 0.0583. The van der Waals surface area contributed by atoms with Crippen molar-refractivity contribution in [1.29, 1.82) is 0 Å². The first-order valence-corrected chi connectivity index (χ1v) is 11.3. The number of hydrogen-bond acceptors (Lipinski definition) is 4. The fourth-order valence-corrected chi connectivity index (χ4v) is 4.40. The minimum Gasteiger partial charge on any atom is -0.491 e. The molecule has 7 heteroatoms. The molecule has 0 bridgehead atoms. The van der Waals surface area contributed by atoms with Crippen LogP contribution in [0.1, 0.15) is 29.8 Å². The van der Waals surface area contributed by atoms with Crippen molar-refractivity contribution in [1.82, 2.24) is 0 Å². The van der Waals surface area contributed by atoms with Gasteiger partial charge in [0.1, 0.15) is 5.75 Å². The van der Waals surface area contributed by atoms with Crippen LogP contribution < -0.4 is 14.4 Å². The van der Waals surface area contributed by atoms with Gasteiger partial charge in [-0.05, 0) is 74.9 Å². The maximum Gasteiger partial charge on any atom is 0.264 e. The van der Waals surface area contributed by atoms with Crippen molar-refractivity contribution in [3.63, 3.8) is 0 Å². The Morgan fingerprint density at radius 2 is 1.65 bits per heavy atom. The van der Waals surface area contributed by atoms with Crippen LogP contribution in [0.5, 0.6) is 5.75 Å². The number of rotatable bonds is 7. The summed E-state index contributed by atoms with van der Waals surface area (Å²) in [6, 6.07) is 20.3. The molecule has 1 N–H and O–H groups in total.